The summed E-state index contributed by atoms with van der Waals surface area (Å²) >= 11 is 5.55. The molecule has 0 bridgehead atoms. The van der Waals surface area contributed by atoms with Crippen molar-refractivity contribution in [1.29, 1.82) is 0 Å². The molecule has 0 spiro atoms. The Morgan fingerprint density at radius 3 is 1.85 bits per heavy atom. The summed E-state index contributed by atoms with van der Waals surface area (Å²) in [7, 11) is -9.20. The van der Waals surface area contributed by atoms with Crippen LogP contribution in [-0.2, 0) is 33.2 Å². The van der Waals surface area contributed by atoms with E-state index in [0.29, 0.717) is 23.3 Å². The van der Waals surface area contributed by atoms with E-state index in [1.807, 2.05) is 0 Å². The average Bonchev–Trinajstić information content (AvgIpc) is 3.15. The van der Waals surface area contributed by atoms with Crippen molar-refractivity contribution in [2.45, 2.75) is 115 Å². The van der Waals surface area contributed by atoms with Crippen molar-refractivity contribution in [2.24, 2.45) is 0 Å². The van der Waals surface area contributed by atoms with Crippen molar-refractivity contribution in [2.75, 3.05) is 5.75 Å². The van der Waals surface area contributed by atoms with Crippen LogP contribution in [0.5, 0.6) is 0 Å². The number of rotatable bonds is 20. The topological polar surface area (TPSA) is 132 Å². The molecule has 0 fully saturated rings. The van der Waals surface area contributed by atoms with Gasteiger partial charge in [0, 0.05) is 17.8 Å². The number of aryl methyl sites for hydroxylation is 1. The molecule has 0 aliphatic rings. The molecule has 1 aromatic heterocycles. The smallest absolute Gasteiger partial charge is 0.748 e. The van der Waals surface area contributed by atoms with Gasteiger partial charge in [0.2, 0.25) is 0 Å². The first-order valence-electron chi connectivity index (χ1n) is 13.4. The maximum Gasteiger partial charge on any atom is 1.00 e. The third-order valence-electron chi connectivity index (χ3n) is 6.57. The van der Waals surface area contributed by atoms with Crippen LogP contribution in [-0.4, -0.2) is 46.1 Å². The van der Waals surface area contributed by atoms with E-state index in [2.05, 4.69) is 11.9 Å². The monoisotopic (exact) mass is 650 g/mol. The number of benzene rings is 1. The molecule has 2 aromatic rings. The quantitative estimate of drug-likeness (QED) is 0.0840. The summed E-state index contributed by atoms with van der Waals surface area (Å²) in [6.45, 7) is 2.05. The Kier molecular flexibility index (Phi) is 22.6. The first-order chi connectivity index (χ1) is 17.5. The van der Waals surface area contributed by atoms with Gasteiger partial charge >= 0.3 is 103 Å². The van der Waals surface area contributed by atoms with Gasteiger partial charge in [0.15, 0.2) is 0 Å². The van der Waals surface area contributed by atoms with Crippen LogP contribution in [0.2, 0.25) is 0 Å². The van der Waals surface area contributed by atoms with E-state index in [4.69, 9.17) is 12.2 Å². The number of aromatic nitrogens is 2. The second-order valence-corrected chi connectivity index (χ2v) is 13.2. The molecular weight excluding hydrogens is 611 g/mol. The van der Waals surface area contributed by atoms with E-state index in [1.54, 1.807) is 0 Å². The van der Waals surface area contributed by atoms with Gasteiger partial charge in [-0.3, -0.25) is 0 Å². The number of hydrogen-bond donors (Lipinski definition) is 0. The molecule has 13 heteroatoms. The molecule has 0 saturated carbocycles. The van der Waals surface area contributed by atoms with Gasteiger partial charge < -0.3 is 13.7 Å². The van der Waals surface area contributed by atoms with Crippen LogP contribution in [0.15, 0.2) is 23.1 Å². The first kappa shape index (κ1) is 40.9. The average molecular weight is 651 g/mol. The van der Waals surface area contributed by atoms with Gasteiger partial charge in [0.25, 0.3) is 0 Å². The van der Waals surface area contributed by atoms with Crippen LogP contribution in [0, 0.1) is 0 Å². The summed E-state index contributed by atoms with van der Waals surface area (Å²) in [5, 5.41) is 0. The summed E-state index contributed by atoms with van der Waals surface area (Å²) in [6, 6.07) is 3.74. The fourth-order valence-electron chi connectivity index (χ4n) is 4.50. The predicted octanol–water partition coefficient (Wildman–Crippen LogP) is -0.113. The number of imidazole rings is 1. The Hall–Kier alpha value is 1.87. The maximum absolute atomic E-state index is 11.4. The fourth-order valence-corrected chi connectivity index (χ4v) is 5.67. The molecule has 0 saturated heterocycles. The van der Waals surface area contributed by atoms with Crippen LogP contribution < -0.4 is 103 Å². The molecular formula is C26H40K2N2O6S3. The molecule has 0 unspecified atom stereocenters. The Morgan fingerprint density at radius 1 is 0.846 bits per heavy atom. The number of hydrogen-bond acceptors (Lipinski definition) is 8. The summed E-state index contributed by atoms with van der Waals surface area (Å²) in [6.07, 6.45) is 17.5. The van der Waals surface area contributed by atoms with Gasteiger partial charge in [-0.15, -0.1) is 0 Å². The van der Waals surface area contributed by atoms with Gasteiger partial charge in [0.05, 0.1) is 31.8 Å². The Morgan fingerprint density at radius 2 is 1.36 bits per heavy atom. The molecule has 0 radical (unpaired) electrons. The minimum Gasteiger partial charge on any atom is -0.748 e. The minimum absolute atomic E-state index is 0. The largest absolute Gasteiger partial charge is 1.00 e. The van der Waals surface area contributed by atoms with Crippen LogP contribution in [0.1, 0.15) is 103 Å². The summed E-state index contributed by atoms with van der Waals surface area (Å²) in [4.78, 5) is 4.80. The third-order valence-corrected chi connectivity index (χ3v) is 8.43. The number of nitrogens with zero attached hydrogens (tertiary/aromatic N) is 2. The molecule has 39 heavy (non-hydrogen) atoms. The molecule has 210 valence electrons. The molecule has 1 heterocycles. The molecule has 0 amide bonds. The second kappa shape index (κ2) is 21.6. The first-order valence-corrected chi connectivity index (χ1v) is 16.8. The van der Waals surface area contributed by atoms with Crippen molar-refractivity contribution in [1.82, 2.24) is 9.55 Å². The number of thiocarbonyl (C=S) groups is 1. The molecule has 1 aromatic carbocycles. The molecule has 0 atom stereocenters. The van der Waals surface area contributed by atoms with Crippen LogP contribution in [0.25, 0.3) is 11.0 Å². The molecule has 8 nitrogen and oxygen atoms in total. The zero-order valence-electron chi connectivity index (χ0n) is 23.8. The Bertz CT molecular complexity index is 1220. The molecule has 0 aliphatic carbocycles. The third kappa shape index (κ3) is 17.1. The zero-order valence-corrected chi connectivity index (χ0v) is 32.5. The number of unbranched alkanes of at least 4 members (excludes halogenated alkanes) is 12. The van der Waals surface area contributed by atoms with Gasteiger partial charge in [-0.05, 0) is 31.0 Å². The van der Waals surface area contributed by atoms with Crippen molar-refractivity contribution >= 4 is 48.4 Å². The van der Waals surface area contributed by atoms with Crippen molar-refractivity contribution in [3.05, 3.63) is 24.0 Å². The van der Waals surface area contributed by atoms with Gasteiger partial charge in [-0.2, -0.15) is 0 Å². The van der Waals surface area contributed by atoms with Crippen LogP contribution >= 0.6 is 12.2 Å². The van der Waals surface area contributed by atoms with Gasteiger partial charge in [-0.25, -0.2) is 21.8 Å². The van der Waals surface area contributed by atoms with E-state index < -0.39 is 30.9 Å². The number of fused-ring (bicyclic) bond motifs is 1. The van der Waals surface area contributed by atoms with E-state index in [0.717, 1.165) is 24.1 Å². The fraction of sp³-hybridized carbons (Fsp3) is 0.692. The van der Waals surface area contributed by atoms with Crippen molar-refractivity contribution < 1.29 is 129 Å². The standard InChI is InChI=1S/C26H42N2O6S3.2K/c1-2-3-4-5-6-7-8-9-10-11-12-13-14-15-22(35)20-26-27-24-17-16-23(37(32,33)34)21-25(24)28(26)18-19-36(29,30)31;;/h16-17,21H,2-15,18-20H2,1H3,(H,29,30,31)(H,32,33,34);;/q;2*+1/p-2. The predicted molar refractivity (Wildman–Crippen MR) is 149 cm³/mol. The summed E-state index contributed by atoms with van der Waals surface area (Å²) < 4.78 is 69.4. The van der Waals surface area contributed by atoms with E-state index >= 15 is 0 Å². The van der Waals surface area contributed by atoms with E-state index in [9.17, 15) is 25.9 Å². The van der Waals surface area contributed by atoms with Crippen molar-refractivity contribution in [3.8, 4) is 0 Å². The van der Waals surface area contributed by atoms with Crippen LogP contribution in [0.4, 0.5) is 0 Å². The SMILES string of the molecule is CCCCCCCCCCCCCCCC(=S)Cc1nc2ccc(S(=O)(=O)[O-])cc2n1CCS(=O)(=O)[O-].[K+].[K+]. The van der Waals surface area contributed by atoms with Gasteiger partial charge in [-0.1, -0.05) is 96.2 Å². The Balaban J connectivity index is 0.00000722. The molecule has 0 N–H and O–H groups in total. The minimum atomic E-state index is -4.70. The Labute approximate surface area is 325 Å². The molecule has 2 rings (SSSR count). The van der Waals surface area contributed by atoms with Crippen molar-refractivity contribution in [3.63, 3.8) is 0 Å². The summed E-state index contributed by atoms with van der Waals surface area (Å²) in [5.41, 5.74) is 0.703. The second-order valence-electron chi connectivity index (χ2n) is 9.75. The van der Waals surface area contributed by atoms with Crippen LogP contribution in [0.3, 0.4) is 0 Å². The molecule has 0 aliphatic heterocycles. The zero-order chi connectivity index (χ0) is 27.3. The van der Waals surface area contributed by atoms with E-state index in [1.165, 1.54) is 93.4 Å². The maximum atomic E-state index is 11.4. The van der Waals surface area contributed by atoms with E-state index in [-0.39, 0.29) is 109 Å². The summed E-state index contributed by atoms with van der Waals surface area (Å²) in [5.74, 6) is -0.218. The normalized spacial score (nSPS) is 11.8. The van der Waals surface area contributed by atoms with Gasteiger partial charge in [0.1, 0.15) is 15.9 Å².